The van der Waals surface area contributed by atoms with Gasteiger partial charge >= 0.3 is 0 Å². The van der Waals surface area contributed by atoms with Gasteiger partial charge in [0, 0.05) is 38.6 Å². The van der Waals surface area contributed by atoms with Crippen LogP contribution in [0.3, 0.4) is 0 Å². The van der Waals surface area contributed by atoms with Crippen LogP contribution in [0.5, 0.6) is 0 Å². The topological polar surface area (TPSA) is 56.4 Å². The number of rotatable bonds is 3. The number of benzene rings is 1. The molecule has 5 nitrogen and oxygen atoms in total. The predicted octanol–water partition coefficient (Wildman–Crippen LogP) is 1.82. The van der Waals surface area contributed by atoms with E-state index < -0.39 is 17.5 Å². The lowest BCUT2D eigenvalue weighted by Gasteiger charge is -2.35. The molecule has 2 heterocycles. The zero-order valence-electron chi connectivity index (χ0n) is 13.0. The van der Waals surface area contributed by atoms with E-state index in [2.05, 4.69) is 4.98 Å². The lowest BCUT2D eigenvalue weighted by Crippen LogP contribution is -2.51. The van der Waals surface area contributed by atoms with Crippen molar-refractivity contribution in [3.8, 4) is 0 Å². The number of carbonyl (C=O) groups is 2. The van der Waals surface area contributed by atoms with E-state index in [0.29, 0.717) is 32.6 Å². The summed E-state index contributed by atoms with van der Waals surface area (Å²) in [5, 5.41) is 0. The van der Waals surface area contributed by atoms with E-state index >= 15 is 0 Å². The van der Waals surface area contributed by atoms with Crippen LogP contribution in [0.4, 0.5) is 8.78 Å². The first-order valence-corrected chi connectivity index (χ1v) is 7.68. The highest BCUT2D eigenvalue weighted by Crippen LogP contribution is 2.15. The molecule has 0 saturated carbocycles. The second-order valence-electron chi connectivity index (χ2n) is 5.69. The molecule has 0 radical (unpaired) electrons. The number of carbonyl (C=O) groups excluding carboxylic acids is 2. The zero-order chi connectivity index (χ0) is 17.1. The van der Waals surface area contributed by atoms with E-state index in [4.69, 9.17) is 0 Å². The Morgan fingerprint density at radius 2 is 1.75 bits per heavy atom. The molecule has 2 aromatic rings. The maximum Gasteiger partial charge on any atom is 0.257 e. The molecule has 0 spiro atoms. The largest absolute Gasteiger partial charge is 0.367 e. The first kappa shape index (κ1) is 16.2. The van der Waals surface area contributed by atoms with Crippen molar-refractivity contribution in [3.63, 3.8) is 0 Å². The van der Waals surface area contributed by atoms with E-state index in [0.717, 1.165) is 23.8 Å². The Morgan fingerprint density at radius 3 is 2.42 bits per heavy atom. The maximum absolute atomic E-state index is 13.7. The Morgan fingerprint density at radius 1 is 1.04 bits per heavy atom. The van der Waals surface area contributed by atoms with Crippen LogP contribution >= 0.6 is 0 Å². The third-order valence-electron chi connectivity index (χ3n) is 4.10. The Labute approximate surface area is 137 Å². The molecule has 24 heavy (non-hydrogen) atoms. The van der Waals surface area contributed by atoms with Gasteiger partial charge in [-0.3, -0.25) is 9.59 Å². The molecule has 0 aliphatic carbocycles. The summed E-state index contributed by atoms with van der Waals surface area (Å²) in [6.45, 7) is 1.36. The summed E-state index contributed by atoms with van der Waals surface area (Å²) in [4.78, 5) is 30.5. The van der Waals surface area contributed by atoms with Crippen LogP contribution < -0.4 is 0 Å². The van der Waals surface area contributed by atoms with Crippen LogP contribution in [0.2, 0.25) is 0 Å². The number of hydrogen-bond donors (Lipinski definition) is 1. The lowest BCUT2D eigenvalue weighted by molar-refractivity contribution is -0.131. The third-order valence-corrected chi connectivity index (χ3v) is 4.10. The van der Waals surface area contributed by atoms with Gasteiger partial charge in [0.15, 0.2) is 0 Å². The quantitative estimate of drug-likeness (QED) is 0.931. The summed E-state index contributed by atoms with van der Waals surface area (Å²) in [6.07, 6.45) is 3.83. The van der Waals surface area contributed by atoms with Crippen molar-refractivity contribution >= 4 is 11.8 Å². The monoisotopic (exact) mass is 333 g/mol. The van der Waals surface area contributed by atoms with Gasteiger partial charge in [-0.2, -0.15) is 0 Å². The number of nitrogens with zero attached hydrogens (tertiary/aromatic N) is 2. The number of hydrogen-bond acceptors (Lipinski definition) is 2. The fraction of sp³-hybridized carbons (Fsp3) is 0.294. The molecule has 1 N–H and O–H groups in total. The number of H-pyrrole nitrogens is 1. The second kappa shape index (κ2) is 6.82. The number of aromatic nitrogens is 1. The summed E-state index contributed by atoms with van der Waals surface area (Å²) >= 11 is 0. The molecule has 126 valence electrons. The molecule has 2 amide bonds. The Hall–Kier alpha value is -2.70. The summed E-state index contributed by atoms with van der Waals surface area (Å²) in [5.41, 5.74) is 0.627. The number of aromatic amines is 1. The van der Waals surface area contributed by atoms with Crippen molar-refractivity contribution in [1.82, 2.24) is 14.8 Å². The van der Waals surface area contributed by atoms with Crippen LogP contribution in [0.1, 0.15) is 15.9 Å². The average molecular weight is 333 g/mol. The molecule has 0 unspecified atom stereocenters. The SMILES string of the molecule is O=C(Cc1cc[nH]c1)N1CCN(C(=O)c2cc(F)ccc2F)CC1. The predicted molar refractivity (Wildman–Crippen MR) is 83.3 cm³/mol. The van der Waals surface area contributed by atoms with E-state index in [1.807, 2.05) is 6.07 Å². The van der Waals surface area contributed by atoms with Crippen molar-refractivity contribution in [3.05, 3.63) is 59.4 Å². The molecule has 1 aromatic heterocycles. The molecule has 1 aliphatic rings. The number of amides is 2. The number of halogens is 2. The number of nitrogens with one attached hydrogen (secondary N) is 1. The molecule has 1 aliphatic heterocycles. The van der Waals surface area contributed by atoms with Gasteiger partial charge in [-0.1, -0.05) is 0 Å². The van der Waals surface area contributed by atoms with Gasteiger partial charge < -0.3 is 14.8 Å². The van der Waals surface area contributed by atoms with Gasteiger partial charge in [0.2, 0.25) is 5.91 Å². The van der Waals surface area contributed by atoms with Crippen molar-refractivity contribution < 1.29 is 18.4 Å². The minimum absolute atomic E-state index is 0.0152. The van der Waals surface area contributed by atoms with E-state index in [9.17, 15) is 18.4 Å². The highest BCUT2D eigenvalue weighted by Gasteiger charge is 2.26. The normalized spacial score (nSPS) is 14.8. The molecule has 7 heteroatoms. The van der Waals surface area contributed by atoms with Gasteiger partial charge in [-0.25, -0.2) is 8.78 Å². The summed E-state index contributed by atoms with van der Waals surface area (Å²) < 4.78 is 26.9. The molecule has 1 saturated heterocycles. The minimum atomic E-state index is -0.743. The van der Waals surface area contributed by atoms with Crippen molar-refractivity contribution in [2.45, 2.75) is 6.42 Å². The molecule has 0 atom stereocenters. The number of piperazine rings is 1. The van der Waals surface area contributed by atoms with Crippen LogP contribution in [-0.4, -0.2) is 52.8 Å². The fourth-order valence-corrected chi connectivity index (χ4v) is 2.75. The molecular weight excluding hydrogens is 316 g/mol. The van der Waals surface area contributed by atoms with Crippen molar-refractivity contribution in [2.24, 2.45) is 0 Å². The van der Waals surface area contributed by atoms with Crippen molar-refractivity contribution in [1.29, 1.82) is 0 Å². The van der Waals surface area contributed by atoms with Crippen LogP contribution in [-0.2, 0) is 11.2 Å². The van der Waals surface area contributed by atoms with Crippen LogP contribution in [0.25, 0.3) is 0 Å². The van der Waals surface area contributed by atoms with Gasteiger partial charge in [0.25, 0.3) is 5.91 Å². The highest BCUT2D eigenvalue weighted by molar-refractivity contribution is 5.94. The molecule has 0 bridgehead atoms. The smallest absolute Gasteiger partial charge is 0.257 e. The van der Waals surface area contributed by atoms with E-state index in [1.54, 1.807) is 17.3 Å². The van der Waals surface area contributed by atoms with Crippen LogP contribution in [0, 0.1) is 11.6 Å². The Bertz CT molecular complexity index is 738. The van der Waals surface area contributed by atoms with E-state index in [1.165, 1.54) is 4.90 Å². The molecule has 3 rings (SSSR count). The van der Waals surface area contributed by atoms with Crippen molar-refractivity contribution in [2.75, 3.05) is 26.2 Å². The lowest BCUT2D eigenvalue weighted by atomic mass is 10.1. The van der Waals surface area contributed by atoms with E-state index in [-0.39, 0.29) is 11.5 Å². The molecule has 1 aromatic carbocycles. The summed E-state index contributed by atoms with van der Waals surface area (Å²) in [7, 11) is 0. The highest BCUT2D eigenvalue weighted by atomic mass is 19.1. The zero-order valence-corrected chi connectivity index (χ0v) is 13.0. The van der Waals surface area contributed by atoms with Gasteiger partial charge in [-0.05, 0) is 29.8 Å². The van der Waals surface area contributed by atoms with Gasteiger partial charge in [-0.15, -0.1) is 0 Å². The summed E-state index contributed by atoms with van der Waals surface area (Å²) in [6, 6.07) is 4.66. The Kier molecular flexibility index (Phi) is 4.59. The third kappa shape index (κ3) is 3.45. The Balaban J connectivity index is 1.59. The minimum Gasteiger partial charge on any atom is -0.367 e. The first-order valence-electron chi connectivity index (χ1n) is 7.68. The fourth-order valence-electron chi connectivity index (χ4n) is 2.75. The maximum atomic E-state index is 13.7. The van der Waals surface area contributed by atoms with Gasteiger partial charge in [0.1, 0.15) is 11.6 Å². The van der Waals surface area contributed by atoms with Crippen LogP contribution in [0.15, 0.2) is 36.7 Å². The molecule has 1 fully saturated rings. The summed E-state index contributed by atoms with van der Waals surface area (Å²) in [5.74, 6) is -1.96. The molecular formula is C17H17F2N3O2. The standard InChI is InChI=1S/C17H17F2N3O2/c18-13-1-2-15(19)14(10-13)17(24)22-7-5-21(6-8-22)16(23)9-12-3-4-20-11-12/h1-4,10-11,20H,5-9H2. The average Bonchev–Trinajstić information content (AvgIpc) is 3.09. The van der Waals surface area contributed by atoms with Gasteiger partial charge in [0.05, 0.1) is 12.0 Å². The first-order chi connectivity index (χ1) is 11.5. The second-order valence-corrected chi connectivity index (χ2v) is 5.69.